The Bertz CT molecular complexity index is 389. The van der Waals surface area contributed by atoms with E-state index in [1.54, 1.807) is 0 Å². The zero-order valence-corrected chi connectivity index (χ0v) is 12.0. The maximum atomic E-state index is 4.48. The predicted molar refractivity (Wildman–Crippen MR) is 76.9 cm³/mol. The van der Waals surface area contributed by atoms with Crippen LogP contribution in [0.2, 0.25) is 0 Å². The van der Waals surface area contributed by atoms with Crippen LogP contribution in [0.25, 0.3) is 0 Å². The number of imidazole rings is 1. The molecule has 1 aromatic rings. The lowest BCUT2D eigenvalue weighted by atomic mass is 9.97. The minimum atomic E-state index is 0.857. The van der Waals surface area contributed by atoms with E-state index in [1.165, 1.54) is 51.1 Å². The van der Waals surface area contributed by atoms with Gasteiger partial charge in [-0.05, 0) is 58.2 Å². The molecule has 1 saturated carbocycles. The molecule has 0 spiro atoms. The molecule has 106 valence electrons. The van der Waals surface area contributed by atoms with Crippen LogP contribution in [-0.4, -0.2) is 40.1 Å². The van der Waals surface area contributed by atoms with E-state index in [2.05, 4.69) is 32.9 Å². The number of hydrogen-bond acceptors (Lipinski definition) is 3. The summed E-state index contributed by atoms with van der Waals surface area (Å²) < 4.78 is 2.25. The first-order valence-corrected chi connectivity index (χ1v) is 7.81. The van der Waals surface area contributed by atoms with E-state index < -0.39 is 0 Å². The number of nitrogens with one attached hydrogen (secondary N) is 1. The van der Waals surface area contributed by atoms with E-state index >= 15 is 0 Å². The average molecular weight is 262 g/mol. The number of likely N-dealkylation sites (tertiary alicyclic amines) is 1. The summed E-state index contributed by atoms with van der Waals surface area (Å²) in [6, 6.07) is 0.857. The van der Waals surface area contributed by atoms with Crippen LogP contribution < -0.4 is 5.32 Å². The fourth-order valence-corrected chi connectivity index (χ4v) is 2.95. The van der Waals surface area contributed by atoms with Crippen LogP contribution in [0.15, 0.2) is 12.4 Å². The van der Waals surface area contributed by atoms with Gasteiger partial charge in [-0.1, -0.05) is 0 Å². The Kier molecular flexibility index (Phi) is 4.18. The van der Waals surface area contributed by atoms with Gasteiger partial charge in [0, 0.05) is 25.0 Å². The summed E-state index contributed by atoms with van der Waals surface area (Å²) in [5, 5.41) is 3.67. The second kappa shape index (κ2) is 6.06. The summed E-state index contributed by atoms with van der Waals surface area (Å²) in [4.78, 5) is 7.03. The summed E-state index contributed by atoms with van der Waals surface area (Å²) in [5.41, 5.74) is 0. The SMILES string of the molecule is CCn1ccnc1CN1CCC(CNC2CC2)CC1. The highest BCUT2D eigenvalue weighted by Crippen LogP contribution is 2.22. The number of rotatable bonds is 6. The molecule has 0 radical (unpaired) electrons. The first-order chi connectivity index (χ1) is 9.35. The molecule has 1 N–H and O–H groups in total. The summed E-state index contributed by atoms with van der Waals surface area (Å²) in [6.07, 6.45) is 9.49. The highest BCUT2D eigenvalue weighted by Gasteiger charge is 2.24. The minimum Gasteiger partial charge on any atom is -0.334 e. The molecule has 0 aromatic carbocycles. The first kappa shape index (κ1) is 13.1. The Morgan fingerprint density at radius 1 is 1.26 bits per heavy atom. The van der Waals surface area contributed by atoms with Crippen LogP contribution in [0.1, 0.15) is 38.4 Å². The van der Waals surface area contributed by atoms with Crippen molar-refractivity contribution in [1.82, 2.24) is 19.8 Å². The number of aromatic nitrogens is 2. The number of nitrogens with zero attached hydrogens (tertiary/aromatic N) is 3. The van der Waals surface area contributed by atoms with Gasteiger partial charge in [-0.2, -0.15) is 0 Å². The molecule has 0 bridgehead atoms. The van der Waals surface area contributed by atoms with Crippen molar-refractivity contribution in [2.45, 2.75) is 51.7 Å². The van der Waals surface area contributed by atoms with Crippen LogP contribution >= 0.6 is 0 Å². The molecule has 3 rings (SSSR count). The second-order valence-corrected chi connectivity index (χ2v) is 6.03. The van der Waals surface area contributed by atoms with Crippen molar-refractivity contribution in [3.05, 3.63) is 18.2 Å². The van der Waals surface area contributed by atoms with Crippen molar-refractivity contribution >= 4 is 0 Å². The van der Waals surface area contributed by atoms with Crippen molar-refractivity contribution in [3.63, 3.8) is 0 Å². The molecular weight excluding hydrogens is 236 g/mol. The molecule has 1 aliphatic heterocycles. The van der Waals surface area contributed by atoms with Crippen molar-refractivity contribution in [1.29, 1.82) is 0 Å². The molecule has 1 aromatic heterocycles. The third-order valence-electron chi connectivity index (χ3n) is 4.49. The highest BCUT2D eigenvalue weighted by atomic mass is 15.2. The molecule has 1 saturated heterocycles. The number of aryl methyl sites for hydroxylation is 1. The van der Waals surface area contributed by atoms with Gasteiger partial charge in [-0.3, -0.25) is 4.90 Å². The summed E-state index contributed by atoms with van der Waals surface area (Å²) in [5.74, 6) is 2.11. The van der Waals surface area contributed by atoms with Gasteiger partial charge >= 0.3 is 0 Å². The largest absolute Gasteiger partial charge is 0.334 e. The van der Waals surface area contributed by atoms with E-state index in [-0.39, 0.29) is 0 Å². The zero-order valence-electron chi connectivity index (χ0n) is 12.0. The zero-order chi connectivity index (χ0) is 13.1. The van der Waals surface area contributed by atoms with Crippen LogP contribution in [0, 0.1) is 5.92 Å². The Hall–Kier alpha value is -0.870. The average Bonchev–Trinajstić information content (AvgIpc) is 3.17. The van der Waals surface area contributed by atoms with E-state index in [1.807, 2.05) is 6.20 Å². The summed E-state index contributed by atoms with van der Waals surface area (Å²) >= 11 is 0. The Balaban J connectivity index is 1.42. The maximum Gasteiger partial charge on any atom is 0.122 e. The van der Waals surface area contributed by atoms with E-state index in [4.69, 9.17) is 0 Å². The molecular formula is C15H26N4. The van der Waals surface area contributed by atoms with Crippen LogP contribution in [0.4, 0.5) is 0 Å². The van der Waals surface area contributed by atoms with Gasteiger partial charge in [0.2, 0.25) is 0 Å². The first-order valence-electron chi connectivity index (χ1n) is 7.81. The molecule has 2 heterocycles. The van der Waals surface area contributed by atoms with Crippen molar-refractivity contribution in [3.8, 4) is 0 Å². The molecule has 1 aliphatic carbocycles. The van der Waals surface area contributed by atoms with E-state index in [9.17, 15) is 0 Å². The highest BCUT2D eigenvalue weighted by molar-refractivity contribution is 4.93. The lowest BCUT2D eigenvalue weighted by Crippen LogP contribution is -2.37. The predicted octanol–water partition coefficient (Wildman–Crippen LogP) is 1.87. The fraction of sp³-hybridized carbons (Fsp3) is 0.800. The molecule has 0 atom stereocenters. The molecule has 2 aliphatic rings. The lowest BCUT2D eigenvalue weighted by Gasteiger charge is -2.31. The number of hydrogen-bond donors (Lipinski definition) is 1. The Morgan fingerprint density at radius 2 is 2.05 bits per heavy atom. The van der Waals surface area contributed by atoms with Gasteiger partial charge in [0.15, 0.2) is 0 Å². The second-order valence-electron chi connectivity index (χ2n) is 6.03. The van der Waals surface area contributed by atoms with E-state index in [0.29, 0.717) is 0 Å². The molecule has 4 heteroatoms. The van der Waals surface area contributed by atoms with Gasteiger partial charge in [-0.25, -0.2) is 4.98 Å². The smallest absolute Gasteiger partial charge is 0.122 e. The summed E-state index contributed by atoms with van der Waals surface area (Å²) in [6.45, 7) is 7.92. The Labute approximate surface area is 116 Å². The quantitative estimate of drug-likeness (QED) is 0.849. The van der Waals surface area contributed by atoms with Crippen molar-refractivity contribution < 1.29 is 0 Å². The van der Waals surface area contributed by atoms with E-state index in [0.717, 1.165) is 25.0 Å². The molecule has 2 fully saturated rings. The molecule has 4 nitrogen and oxygen atoms in total. The summed E-state index contributed by atoms with van der Waals surface area (Å²) in [7, 11) is 0. The van der Waals surface area contributed by atoms with Gasteiger partial charge in [0.1, 0.15) is 5.82 Å². The van der Waals surface area contributed by atoms with Gasteiger partial charge in [0.25, 0.3) is 0 Å². The van der Waals surface area contributed by atoms with Crippen molar-refractivity contribution in [2.75, 3.05) is 19.6 Å². The van der Waals surface area contributed by atoms with Crippen molar-refractivity contribution in [2.24, 2.45) is 5.92 Å². The topological polar surface area (TPSA) is 33.1 Å². The third-order valence-corrected chi connectivity index (χ3v) is 4.49. The lowest BCUT2D eigenvalue weighted by molar-refractivity contribution is 0.170. The fourth-order valence-electron chi connectivity index (χ4n) is 2.95. The Morgan fingerprint density at radius 3 is 2.74 bits per heavy atom. The third kappa shape index (κ3) is 3.57. The normalized spacial score (nSPS) is 21.9. The molecule has 0 unspecified atom stereocenters. The van der Waals surface area contributed by atoms with Crippen LogP contribution in [-0.2, 0) is 13.1 Å². The minimum absolute atomic E-state index is 0.857. The monoisotopic (exact) mass is 262 g/mol. The van der Waals surface area contributed by atoms with Gasteiger partial charge in [0.05, 0.1) is 6.54 Å². The molecule has 0 amide bonds. The van der Waals surface area contributed by atoms with Crippen LogP contribution in [0.5, 0.6) is 0 Å². The van der Waals surface area contributed by atoms with Gasteiger partial charge < -0.3 is 9.88 Å². The molecule has 19 heavy (non-hydrogen) atoms. The standard InChI is InChI=1S/C15H26N4/c1-2-19-10-7-16-15(19)12-18-8-5-13(6-9-18)11-17-14-3-4-14/h7,10,13-14,17H,2-6,8-9,11-12H2,1H3. The van der Waals surface area contributed by atoms with Gasteiger partial charge in [-0.15, -0.1) is 0 Å². The number of piperidine rings is 1. The maximum absolute atomic E-state index is 4.48. The van der Waals surface area contributed by atoms with Crippen LogP contribution in [0.3, 0.4) is 0 Å².